The summed E-state index contributed by atoms with van der Waals surface area (Å²) in [5, 5.41) is 3.14. The van der Waals surface area contributed by atoms with Gasteiger partial charge in [-0.15, -0.1) is 23.1 Å². The highest BCUT2D eigenvalue weighted by Crippen LogP contribution is 2.35. The Hall–Kier alpha value is -1.00. The summed E-state index contributed by atoms with van der Waals surface area (Å²) >= 11 is 3.26. The normalized spacial score (nSPS) is 10.6. The van der Waals surface area contributed by atoms with E-state index in [4.69, 9.17) is 5.73 Å². The van der Waals surface area contributed by atoms with Gasteiger partial charge in [0, 0.05) is 31.6 Å². The van der Waals surface area contributed by atoms with Crippen molar-refractivity contribution in [1.82, 2.24) is 0 Å². The van der Waals surface area contributed by atoms with Crippen LogP contribution in [0.3, 0.4) is 0 Å². The van der Waals surface area contributed by atoms with Crippen molar-refractivity contribution in [1.29, 1.82) is 0 Å². The molecule has 0 aliphatic rings. The fourth-order valence-corrected chi connectivity index (χ4v) is 3.28. The Kier molecular flexibility index (Phi) is 2.48. The zero-order valence-electron chi connectivity index (χ0n) is 7.61. The number of nitrogen functional groups attached to an aromatic ring is 1. The maximum absolute atomic E-state index is 10.8. The van der Waals surface area contributed by atoms with Crippen LogP contribution >= 0.6 is 23.1 Å². The van der Waals surface area contributed by atoms with Crippen LogP contribution in [0, 0.1) is 0 Å². The van der Waals surface area contributed by atoms with Crippen molar-refractivity contribution in [2.45, 2.75) is 4.90 Å². The molecule has 0 aliphatic carbocycles. The van der Waals surface area contributed by atoms with Crippen LogP contribution in [0.15, 0.2) is 22.4 Å². The fourth-order valence-electron chi connectivity index (χ4n) is 1.41. The molecular formula is C10H9NOS2. The maximum Gasteiger partial charge on any atom is 0.151 e. The zero-order chi connectivity index (χ0) is 10.1. The number of rotatable bonds is 2. The van der Waals surface area contributed by atoms with Gasteiger partial charge in [0.05, 0.1) is 0 Å². The summed E-state index contributed by atoms with van der Waals surface area (Å²) in [5.41, 5.74) is 7.05. The molecule has 1 aromatic carbocycles. The van der Waals surface area contributed by atoms with Crippen LogP contribution in [0.4, 0.5) is 5.69 Å². The van der Waals surface area contributed by atoms with E-state index >= 15 is 0 Å². The van der Waals surface area contributed by atoms with Gasteiger partial charge in [0.15, 0.2) is 6.29 Å². The Morgan fingerprint density at radius 2 is 2.29 bits per heavy atom. The first kappa shape index (κ1) is 9.55. The minimum Gasteiger partial charge on any atom is -0.399 e. The molecule has 0 atom stereocenters. The van der Waals surface area contributed by atoms with Crippen LogP contribution in [-0.2, 0) is 0 Å². The lowest BCUT2D eigenvalue weighted by atomic mass is 10.1. The Balaban J connectivity index is 2.83. The first-order valence-electron chi connectivity index (χ1n) is 4.06. The lowest BCUT2D eigenvalue weighted by molar-refractivity contribution is 0.112. The molecule has 0 bridgehead atoms. The molecule has 2 rings (SSSR count). The SMILES string of the molecule is CSc1csc2c(C=O)cc(N)cc12. The van der Waals surface area contributed by atoms with Gasteiger partial charge in [-0.05, 0) is 18.4 Å². The summed E-state index contributed by atoms with van der Waals surface area (Å²) in [5.74, 6) is 0. The van der Waals surface area contributed by atoms with E-state index in [2.05, 4.69) is 5.38 Å². The van der Waals surface area contributed by atoms with Crippen molar-refractivity contribution in [3.05, 3.63) is 23.1 Å². The standard InChI is InChI=1S/C10H9NOS2/c1-13-9-5-14-10-6(4-12)2-7(11)3-8(9)10/h2-5H,11H2,1H3. The van der Waals surface area contributed by atoms with Crippen LogP contribution in [0.5, 0.6) is 0 Å². The van der Waals surface area contributed by atoms with Gasteiger partial charge in [-0.2, -0.15) is 0 Å². The number of hydrogen-bond acceptors (Lipinski definition) is 4. The number of carbonyl (C=O) groups excluding carboxylic acids is 1. The Morgan fingerprint density at radius 3 is 2.93 bits per heavy atom. The summed E-state index contributed by atoms with van der Waals surface area (Å²) in [4.78, 5) is 12.0. The quantitative estimate of drug-likeness (QED) is 0.483. The summed E-state index contributed by atoms with van der Waals surface area (Å²) in [7, 11) is 0. The molecule has 0 fully saturated rings. The number of thioether (sulfide) groups is 1. The molecule has 0 saturated carbocycles. The number of aldehydes is 1. The first-order valence-corrected chi connectivity index (χ1v) is 6.16. The third-order valence-electron chi connectivity index (χ3n) is 2.04. The van der Waals surface area contributed by atoms with Gasteiger partial charge in [-0.25, -0.2) is 0 Å². The molecule has 1 heterocycles. The lowest BCUT2D eigenvalue weighted by Crippen LogP contribution is -1.87. The van der Waals surface area contributed by atoms with Gasteiger partial charge in [-0.1, -0.05) is 0 Å². The molecule has 0 spiro atoms. The van der Waals surface area contributed by atoms with Crippen LogP contribution in [0.25, 0.3) is 10.1 Å². The van der Waals surface area contributed by atoms with E-state index in [9.17, 15) is 4.79 Å². The van der Waals surface area contributed by atoms with E-state index < -0.39 is 0 Å². The van der Waals surface area contributed by atoms with Gasteiger partial charge in [0.1, 0.15) is 0 Å². The van der Waals surface area contributed by atoms with Crippen LogP contribution < -0.4 is 5.73 Å². The molecule has 4 heteroatoms. The van der Waals surface area contributed by atoms with Crippen molar-refractivity contribution in [3.8, 4) is 0 Å². The summed E-state index contributed by atoms with van der Waals surface area (Å²) in [6, 6.07) is 3.64. The summed E-state index contributed by atoms with van der Waals surface area (Å²) in [6.45, 7) is 0. The molecule has 2 nitrogen and oxygen atoms in total. The van der Waals surface area contributed by atoms with Crippen LogP contribution in [0.2, 0.25) is 0 Å². The topological polar surface area (TPSA) is 43.1 Å². The predicted octanol–water partition coefficient (Wildman–Crippen LogP) is 3.02. The van der Waals surface area contributed by atoms with E-state index in [1.807, 2.05) is 12.3 Å². The van der Waals surface area contributed by atoms with Gasteiger partial charge >= 0.3 is 0 Å². The highest BCUT2D eigenvalue weighted by molar-refractivity contribution is 7.99. The number of hydrogen-bond donors (Lipinski definition) is 1. The smallest absolute Gasteiger partial charge is 0.151 e. The van der Waals surface area contributed by atoms with Crippen molar-refractivity contribution in [3.63, 3.8) is 0 Å². The van der Waals surface area contributed by atoms with E-state index in [1.165, 1.54) is 4.90 Å². The second-order valence-electron chi connectivity index (χ2n) is 2.91. The third kappa shape index (κ3) is 1.40. The fraction of sp³-hybridized carbons (Fsp3) is 0.100. The Morgan fingerprint density at radius 1 is 1.50 bits per heavy atom. The number of benzene rings is 1. The van der Waals surface area contributed by atoms with E-state index in [-0.39, 0.29) is 0 Å². The van der Waals surface area contributed by atoms with Gasteiger partial charge < -0.3 is 5.73 Å². The molecule has 2 aromatic rings. The molecule has 0 aliphatic heterocycles. The molecule has 1 aromatic heterocycles. The van der Waals surface area contributed by atoms with E-state index in [0.717, 1.165) is 16.4 Å². The van der Waals surface area contributed by atoms with Crippen molar-refractivity contribution < 1.29 is 4.79 Å². The van der Waals surface area contributed by atoms with Crippen molar-refractivity contribution in [2.75, 3.05) is 12.0 Å². The van der Waals surface area contributed by atoms with Gasteiger partial charge in [0.25, 0.3) is 0 Å². The zero-order valence-corrected chi connectivity index (χ0v) is 9.24. The molecule has 0 radical (unpaired) electrons. The summed E-state index contributed by atoms with van der Waals surface area (Å²) in [6.07, 6.45) is 2.88. The molecule has 0 amide bonds. The highest BCUT2D eigenvalue weighted by Gasteiger charge is 2.08. The highest BCUT2D eigenvalue weighted by atomic mass is 32.2. The minimum absolute atomic E-state index is 0.647. The second kappa shape index (κ2) is 3.63. The number of nitrogens with two attached hydrogens (primary N) is 1. The Bertz CT molecular complexity index is 490. The molecular weight excluding hydrogens is 214 g/mol. The van der Waals surface area contributed by atoms with Crippen LogP contribution in [0.1, 0.15) is 10.4 Å². The van der Waals surface area contributed by atoms with Crippen molar-refractivity contribution in [2.24, 2.45) is 0 Å². The van der Waals surface area contributed by atoms with E-state index in [1.54, 1.807) is 29.2 Å². The van der Waals surface area contributed by atoms with Gasteiger partial charge in [-0.3, -0.25) is 4.79 Å². The first-order chi connectivity index (χ1) is 6.76. The average molecular weight is 223 g/mol. The number of carbonyl (C=O) groups is 1. The molecule has 2 N–H and O–H groups in total. The predicted molar refractivity (Wildman–Crippen MR) is 63.4 cm³/mol. The molecule has 0 unspecified atom stereocenters. The molecule has 72 valence electrons. The summed E-state index contributed by atoms with van der Waals surface area (Å²) < 4.78 is 1.03. The lowest BCUT2D eigenvalue weighted by Gasteiger charge is -1.99. The number of anilines is 1. The second-order valence-corrected chi connectivity index (χ2v) is 4.64. The van der Waals surface area contributed by atoms with Crippen molar-refractivity contribution >= 4 is 45.2 Å². The van der Waals surface area contributed by atoms with E-state index in [0.29, 0.717) is 11.3 Å². The maximum atomic E-state index is 10.8. The monoisotopic (exact) mass is 223 g/mol. The average Bonchev–Trinajstić information content (AvgIpc) is 2.59. The minimum atomic E-state index is 0.647. The third-order valence-corrected chi connectivity index (χ3v) is 4.01. The number of fused-ring (bicyclic) bond motifs is 1. The largest absolute Gasteiger partial charge is 0.399 e. The molecule has 14 heavy (non-hydrogen) atoms. The van der Waals surface area contributed by atoms with Gasteiger partial charge in [0.2, 0.25) is 0 Å². The Labute approximate surface area is 90.1 Å². The number of thiophene rings is 1. The molecule has 0 saturated heterocycles. The van der Waals surface area contributed by atoms with Crippen LogP contribution in [-0.4, -0.2) is 12.5 Å².